The Bertz CT molecular complexity index is 148. The van der Waals surface area contributed by atoms with E-state index in [1.54, 1.807) is 0 Å². The first kappa shape index (κ1) is 12.4. The van der Waals surface area contributed by atoms with Gasteiger partial charge in [0.05, 0.1) is 6.61 Å². The Balaban J connectivity index is 3.44. The predicted octanol–water partition coefficient (Wildman–Crippen LogP) is 0.458. The van der Waals surface area contributed by atoms with Crippen molar-refractivity contribution in [3.8, 4) is 0 Å². The lowest BCUT2D eigenvalue weighted by atomic mass is 10.1. The van der Waals surface area contributed by atoms with E-state index in [-0.39, 0.29) is 19.1 Å². The third-order valence-corrected chi connectivity index (χ3v) is 1.98. The van der Waals surface area contributed by atoms with Gasteiger partial charge in [-0.25, -0.2) is 0 Å². The zero-order chi connectivity index (χ0) is 10.3. The Kier molecular flexibility index (Phi) is 6.54. The first-order valence-electron chi connectivity index (χ1n) is 4.64. The number of hydrogen-bond donors (Lipinski definition) is 3. The molecule has 3 N–H and O–H groups in total. The molecule has 0 aromatic heterocycles. The maximum absolute atomic E-state index is 10.2. The Labute approximate surface area is 79.0 Å². The Hall–Kier alpha value is -0.610. The third kappa shape index (κ3) is 6.54. The van der Waals surface area contributed by atoms with E-state index < -0.39 is 5.97 Å². The van der Waals surface area contributed by atoms with E-state index in [2.05, 4.69) is 5.32 Å². The van der Waals surface area contributed by atoms with Crippen LogP contribution >= 0.6 is 0 Å². The zero-order valence-corrected chi connectivity index (χ0v) is 8.29. The van der Waals surface area contributed by atoms with Gasteiger partial charge in [0.2, 0.25) is 0 Å². The van der Waals surface area contributed by atoms with Gasteiger partial charge >= 0.3 is 5.97 Å². The third-order valence-electron chi connectivity index (χ3n) is 1.98. The zero-order valence-electron chi connectivity index (χ0n) is 8.29. The summed E-state index contributed by atoms with van der Waals surface area (Å²) in [4.78, 5) is 10.2. The van der Waals surface area contributed by atoms with E-state index in [0.29, 0.717) is 18.9 Å². The molecule has 0 fully saturated rings. The van der Waals surface area contributed by atoms with Gasteiger partial charge in [-0.05, 0) is 18.9 Å². The Morgan fingerprint density at radius 3 is 2.46 bits per heavy atom. The predicted molar refractivity (Wildman–Crippen MR) is 50.6 cm³/mol. The molecule has 0 saturated heterocycles. The van der Waals surface area contributed by atoms with Gasteiger partial charge in [-0.1, -0.05) is 13.8 Å². The summed E-state index contributed by atoms with van der Waals surface area (Å²) in [5, 5.41) is 20.4. The summed E-state index contributed by atoms with van der Waals surface area (Å²) in [5.74, 6) is -0.401. The summed E-state index contributed by atoms with van der Waals surface area (Å²) in [7, 11) is 0. The molecule has 0 aliphatic carbocycles. The first-order valence-corrected chi connectivity index (χ1v) is 4.64. The topological polar surface area (TPSA) is 69.6 Å². The first-order chi connectivity index (χ1) is 6.07. The van der Waals surface area contributed by atoms with Crippen LogP contribution in [0.2, 0.25) is 0 Å². The summed E-state index contributed by atoms with van der Waals surface area (Å²) >= 11 is 0. The van der Waals surface area contributed by atoms with Crippen LogP contribution in [0.5, 0.6) is 0 Å². The van der Waals surface area contributed by atoms with Crippen LogP contribution < -0.4 is 5.32 Å². The number of rotatable bonds is 7. The van der Waals surface area contributed by atoms with E-state index in [1.807, 2.05) is 13.8 Å². The van der Waals surface area contributed by atoms with Gasteiger partial charge in [0.25, 0.3) is 0 Å². The van der Waals surface area contributed by atoms with Gasteiger partial charge < -0.3 is 15.5 Å². The second kappa shape index (κ2) is 6.86. The van der Waals surface area contributed by atoms with Crippen molar-refractivity contribution in [1.29, 1.82) is 0 Å². The van der Waals surface area contributed by atoms with E-state index >= 15 is 0 Å². The van der Waals surface area contributed by atoms with Crippen molar-refractivity contribution in [2.75, 3.05) is 13.2 Å². The van der Waals surface area contributed by atoms with Crippen LogP contribution in [-0.2, 0) is 4.79 Å². The maximum atomic E-state index is 10.2. The molecule has 0 rings (SSSR count). The monoisotopic (exact) mass is 189 g/mol. The minimum Gasteiger partial charge on any atom is -0.481 e. The molecule has 0 heterocycles. The van der Waals surface area contributed by atoms with Gasteiger partial charge in [-0.3, -0.25) is 4.79 Å². The van der Waals surface area contributed by atoms with E-state index in [9.17, 15) is 4.79 Å². The lowest BCUT2D eigenvalue weighted by Crippen LogP contribution is -2.37. The Morgan fingerprint density at radius 1 is 1.46 bits per heavy atom. The van der Waals surface area contributed by atoms with Crippen LogP contribution in [-0.4, -0.2) is 35.4 Å². The van der Waals surface area contributed by atoms with Crippen LogP contribution in [0.4, 0.5) is 0 Å². The maximum Gasteiger partial charge on any atom is 0.303 e. The summed E-state index contributed by atoms with van der Waals surface area (Å²) in [5.41, 5.74) is 0. The van der Waals surface area contributed by atoms with Crippen LogP contribution in [0, 0.1) is 5.92 Å². The lowest BCUT2D eigenvalue weighted by molar-refractivity contribution is -0.137. The van der Waals surface area contributed by atoms with Crippen molar-refractivity contribution in [3.63, 3.8) is 0 Å². The molecule has 0 saturated carbocycles. The van der Waals surface area contributed by atoms with Crippen molar-refractivity contribution >= 4 is 5.97 Å². The van der Waals surface area contributed by atoms with Gasteiger partial charge in [0.15, 0.2) is 0 Å². The molecule has 0 radical (unpaired) electrons. The fourth-order valence-electron chi connectivity index (χ4n) is 1.04. The highest BCUT2D eigenvalue weighted by Gasteiger charge is 2.10. The highest BCUT2D eigenvalue weighted by Crippen LogP contribution is 2.00. The number of aliphatic hydroxyl groups is 1. The van der Waals surface area contributed by atoms with Crippen molar-refractivity contribution < 1.29 is 15.0 Å². The largest absolute Gasteiger partial charge is 0.481 e. The van der Waals surface area contributed by atoms with Crippen LogP contribution in [0.15, 0.2) is 0 Å². The van der Waals surface area contributed by atoms with Crippen molar-refractivity contribution in [1.82, 2.24) is 5.32 Å². The van der Waals surface area contributed by atoms with Crippen LogP contribution in [0.3, 0.4) is 0 Å². The summed E-state index contributed by atoms with van der Waals surface area (Å²) in [6.07, 6.45) is 0.793. The minimum atomic E-state index is -0.771. The second-order valence-electron chi connectivity index (χ2n) is 3.48. The number of carboxylic acids is 1. The lowest BCUT2D eigenvalue weighted by Gasteiger charge is -2.19. The molecule has 4 nitrogen and oxygen atoms in total. The van der Waals surface area contributed by atoms with E-state index in [0.717, 1.165) is 0 Å². The fraction of sp³-hybridized carbons (Fsp3) is 0.889. The molecule has 4 heteroatoms. The van der Waals surface area contributed by atoms with Gasteiger partial charge in [0, 0.05) is 12.5 Å². The van der Waals surface area contributed by atoms with Gasteiger partial charge in [-0.2, -0.15) is 0 Å². The molecule has 78 valence electrons. The average molecular weight is 189 g/mol. The quantitative estimate of drug-likeness (QED) is 0.509. The molecule has 0 amide bonds. The molecule has 0 aromatic carbocycles. The normalized spacial score (nSPS) is 13.2. The number of carbonyl (C=O) groups is 1. The van der Waals surface area contributed by atoms with Gasteiger partial charge in [0.1, 0.15) is 0 Å². The summed E-state index contributed by atoms with van der Waals surface area (Å²) in [6.45, 7) is 4.79. The van der Waals surface area contributed by atoms with Crippen molar-refractivity contribution in [2.24, 2.45) is 5.92 Å². The molecule has 0 aliphatic heterocycles. The van der Waals surface area contributed by atoms with Crippen LogP contribution in [0.1, 0.15) is 26.7 Å². The van der Waals surface area contributed by atoms with Crippen molar-refractivity contribution in [3.05, 3.63) is 0 Å². The molecule has 0 spiro atoms. The standard InChI is InChI=1S/C9H19NO3/c1-7(2)8(6-11)10-5-3-4-9(12)13/h7-8,10-11H,3-6H2,1-2H3,(H,12,13). The number of nitrogens with one attached hydrogen (secondary N) is 1. The van der Waals surface area contributed by atoms with Crippen LogP contribution in [0.25, 0.3) is 0 Å². The summed E-state index contributed by atoms with van der Waals surface area (Å²) < 4.78 is 0. The molecule has 0 aromatic rings. The molecule has 1 atom stereocenters. The molecular formula is C9H19NO3. The number of aliphatic hydroxyl groups excluding tert-OH is 1. The SMILES string of the molecule is CC(C)C(CO)NCCCC(=O)O. The molecule has 0 aliphatic rings. The minimum absolute atomic E-state index is 0.0776. The van der Waals surface area contributed by atoms with E-state index in [1.165, 1.54) is 0 Å². The highest BCUT2D eigenvalue weighted by molar-refractivity contribution is 5.66. The molecule has 0 bridgehead atoms. The second-order valence-corrected chi connectivity index (χ2v) is 3.48. The summed E-state index contributed by atoms with van der Waals surface area (Å²) in [6, 6.07) is 0.0776. The number of aliphatic carboxylic acids is 1. The van der Waals surface area contributed by atoms with E-state index in [4.69, 9.17) is 10.2 Å². The average Bonchev–Trinajstić information content (AvgIpc) is 2.03. The number of hydrogen-bond acceptors (Lipinski definition) is 3. The van der Waals surface area contributed by atoms with Crippen molar-refractivity contribution in [2.45, 2.75) is 32.7 Å². The highest BCUT2D eigenvalue weighted by atomic mass is 16.4. The number of carboxylic acid groups (broad SMARTS) is 1. The molecule has 1 unspecified atom stereocenters. The Morgan fingerprint density at radius 2 is 2.08 bits per heavy atom. The fourth-order valence-corrected chi connectivity index (χ4v) is 1.04. The van der Waals surface area contributed by atoms with Gasteiger partial charge in [-0.15, -0.1) is 0 Å². The molecular weight excluding hydrogens is 170 g/mol. The smallest absolute Gasteiger partial charge is 0.303 e. The molecule has 13 heavy (non-hydrogen) atoms.